The van der Waals surface area contributed by atoms with E-state index in [9.17, 15) is 18.0 Å². The standard InChI is InChI=1S/C18H23N3O5S/c1-26-17(23)18(10-3-2-4-11-18)21-16(22)14-6-8-15(9-7-14)27(24,25)20-13-5-12-19/h6-9,20H,2-5,10-11,13H2,1H3,(H,21,22). The molecule has 8 nitrogen and oxygen atoms in total. The molecule has 1 fully saturated rings. The molecule has 1 aromatic carbocycles. The number of sulfonamides is 1. The summed E-state index contributed by atoms with van der Waals surface area (Å²) in [5.74, 6) is -0.917. The molecule has 1 saturated carbocycles. The molecule has 0 spiro atoms. The van der Waals surface area contributed by atoms with Crippen molar-refractivity contribution in [1.82, 2.24) is 10.0 Å². The normalized spacial score (nSPS) is 16.1. The lowest BCUT2D eigenvalue weighted by Crippen LogP contribution is -2.56. The molecule has 0 saturated heterocycles. The van der Waals surface area contributed by atoms with Crippen molar-refractivity contribution >= 4 is 21.9 Å². The molecule has 0 heterocycles. The Balaban J connectivity index is 2.13. The van der Waals surface area contributed by atoms with Gasteiger partial charge < -0.3 is 10.1 Å². The second-order valence-corrected chi connectivity index (χ2v) is 8.19. The van der Waals surface area contributed by atoms with Crippen molar-refractivity contribution in [3.05, 3.63) is 29.8 Å². The van der Waals surface area contributed by atoms with Gasteiger partial charge in [0.25, 0.3) is 5.91 Å². The maximum atomic E-state index is 12.6. The Morgan fingerprint density at radius 1 is 1.19 bits per heavy atom. The van der Waals surface area contributed by atoms with Gasteiger partial charge in [-0.3, -0.25) is 4.79 Å². The van der Waals surface area contributed by atoms with Crippen LogP contribution in [0.2, 0.25) is 0 Å². The van der Waals surface area contributed by atoms with Gasteiger partial charge in [0, 0.05) is 18.5 Å². The highest BCUT2D eigenvalue weighted by Crippen LogP contribution is 2.29. The van der Waals surface area contributed by atoms with Crippen molar-refractivity contribution in [2.45, 2.75) is 49.0 Å². The molecule has 2 N–H and O–H groups in total. The Bertz CT molecular complexity index is 822. The number of rotatable bonds is 7. The molecule has 0 aliphatic heterocycles. The lowest BCUT2D eigenvalue weighted by atomic mass is 9.81. The number of nitrogens with one attached hydrogen (secondary N) is 2. The lowest BCUT2D eigenvalue weighted by Gasteiger charge is -2.35. The minimum absolute atomic E-state index is 0.00247. The quantitative estimate of drug-likeness (QED) is 0.534. The van der Waals surface area contributed by atoms with Gasteiger partial charge in [0.15, 0.2) is 0 Å². The van der Waals surface area contributed by atoms with Crippen LogP contribution in [0.5, 0.6) is 0 Å². The van der Waals surface area contributed by atoms with Crippen molar-refractivity contribution in [3.63, 3.8) is 0 Å². The number of hydrogen-bond donors (Lipinski definition) is 2. The fraction of sp³-hybridized carbons (Fsp3) is 0.500. The van der Waals surface area contributed by atoms with Gasteiger partial charge in [-0.15, -0.1) is 0 Å². The molecule has 27 heavy (non-hydrogen) atoms. The van der Waals surface area contributed by atoms with Crippen LogP contribution in [0.3, 0.4) is 0 Å². The molecule has 0 bridgehead atoms. The molecule has 1 amide bonds. The molecule has 9 heteroatoms. The predicted octanol–water partition coefficient (Wildman–Crippen LogP) is 1.48. The maximum absolute atomic E-state index is 12.6. The Morgan fingerprint density at radius 3 is 2.37 bits per heavy atom. The van der Waals surface area contributed by atoms with Gasteiger partial charge in [-0.25, -0.2) is 17.9 Å². The van der Waals surface area contributed by atoms with Gasteiger partial charge in [-0.1, -0.05) is 19.3 Å². The first kappa shape index (κ1) is 20.9. The number of nitriles is 1. The summed E-state index contributed by atoms with van der Waals surface area (Å²) < 4.78 is 31.4. The summed E-state index contributed by atoms with van der Waals surface area (Å²) in [6.45, 7) is 0.0166. The van der Waals surface area contributed by atoms with E-state index in [1.807, 2.05) is 6.07 Å². The predicted molar refractivity (Wildman–Crippen MR) is 97.2 cm³/mol. The van der Waals surface area contributed by atoms with Crippen LogP contribution in [0.15, 0.2) is 29.2 Å². The van der Waals surface area contributed by atoms with E-state index >= 15 is 0 Å². The average molecular weight is 393 g/mol. The fourth-order valence-electron chi connectivity index (χ4n) is 3.13. The van der Waals surface area contributed by atoms with Crippen molar-refractivity contribution in [3.8, 4) is 6.07 Å². The topological polar surface area (TPSA) is 125 Å². The van der Waals surface area contributed by atoms with Crippen LogP contribution < -0.4 is 10.0 Å². The number of carbonyl (C=O) groups is 2. The Hall–Kier alpha value is -2.44. The third-order valence-corrected chi connectivity index (χ3v) is 6.07. The minimum atomic E-state index is -3.74. The van der Waals surface area contributed by atoms with Gasteiger partial charge in [0.05, 0.1) is 18.1 Å². The van der Waals surface area contributed by atoms with Gasteiger partial charge in [0.1, 0.15) is 5.54 Å². The highest BCUT2D eigenvalue weighted by molar-refractivity contribution is 7.89. The summed E-state index contributed by atoms with van der Waals surface area (Å²) in [6, 6.07) is 7.27. The van der Waals surface area contributed by atoms with Crippen molar-refractivity contribution in [2.24, 2.45) is 0 Å². The summed E-state index contributed by atoms with van der Waals surface area (Å²) >= 11 is 0. The first-order valence-corrected chi connectivity index (χ1v) is 10.2. The van der Waals surface area contributed by atoms with Crippen molar-refractivity contribution < 1.29 is 22.7 Å². The molecule has 2 rings (SSSR count). The molecule has 146 valence electrons. The SMILES string of the molecule is COC(=O)C1(NC(=O)c2ccc(S(=O)(=O)NCCC#N)cc2)CCCCC1. The number of amides is 1. The van der Waals surface area contributed by atoms with E-state index in [1.165, 1.54) is 31.4 Å². The number of methoxy groups -OCH3 is 1. The van der Waals surface area contributed by atoms with E-state index in [0.717, 1.165) is 19.3 Å². The van der Waals surface area contributed by atoms with Crippen LogP contribution in [0.4, 0.5) is 0 Å². The number of ether oxygens (including phenoxy) is 1. The van der Waals surface area contributed by atoms with Crippen LogP contribution >= 0.6 is 0 Å². The molecule has 0 atom stereocenters. The summed E-state index contributed by atoms with van der Waals surface area (Å²) in [5, 5.41) is 11.3. The number of benzene rings is 1. The van der Waals surface area contributed by atoms with Crippen molar-refractivity contribution in [1.29, 1.82) is 5.26 Å². The monoisotopic (exact) mass is 393 g/mol. The third kappa shape index (κ3) is 5.05. The minimum Gasteiger partial charge on any atom is -0.467 e. The summed E-state index contributed by atoms with van der Waals surface area (Å²) in [5.41, 5.74) is -0.784. The number of carbonyl (C=O) groups excluding carboxylic acids is 2. The lowest BCUT2D eigenvalue weighted by molar-refractivity contribution is -0.149. The largest absolute Gasteiger partial charge is 0.467 e. The van der Waals surface area contributed by atoms with E-state index in [-0.39, 0.29) is 23.4 Å². The average Bonchev–Trinajstić information content (AvgIpc) is 2.68. The van der Waals surface area contributed by atoms with E-state index in [2.05, 4.69) is 10.0 Å². The zero-order chi connectivity index (χ0) is 19.9. The second kappa shape index (κ2) is 8.97. The van der Waals surface area contributed by atoms with E-state index in [4.69, 9.17) is 10.00 Å². The van der Waals surface area contributed by atoms with Crippen LogP contribution in [0, 0.1) is 11.3 Å². The maximum Gasteiger partial charge on any atom is 0.331 e. The fourth-order valence-corrected chi connectivity index (χ4v) is 4.16. The van der Waals surface area contributed by atoms with E-state index in [1.54, 1.807) is 0 Å². The molecule has 0 aromatic heterocycles. The Morgan fingerprint density at radius 2 is 1.81 bits per heavy atom. The molecule has 1 aliphatic carbocycles. The van der Waals surface area contributed by atoms with Crippen LogP contribution in [0.1, 0.15) is 48.9 Å². The summed E-state index contributed by atoms with van der Waals surface area (Å²) in [6.07, 6.45) is 3.73. The highest BCUT2D eigenvalue weighted by Gasteiger charge is 2.42. The molecular formula is C18H23N3O5S. The van der Waals surface area contributed by atoms with Crippen LogP contribution in [-0.2, 0) is 19.6 Å². The molecule has 1 aliphatic rings. The molecule has 1 aromatic rings. The zero-order valence-electron chi connectivity index (χ0n) is 15.2. The molecule has 0 unspecified atom stereocenters. The van der Waals surface area contributed by atoms with Crippen molar-refractivity contribution in [2.75, 3.05) is 13.7 Å². The molecular weight excluding hydrogens is 370 g/mol. The van der Waals surface area contributed by atoms with Gasteiger partial charge >= 0.3 is 5.97 Å². The molecule has 0 radical (unpaired) electrons. The Kier molecular flexibility index (Phi) is 6.93. The Labute approximate surface area is 158 Å². The number of nitrogens with zero attached hydrogens (tertiary/aromatic N) is 1. The number of esters is 1. The van der Waals surface area contributed by atoms with Crippen LogP contribution in [-0.4, -0.2) is 39.5 Å². The van der Waals surface area contributed by atoms with Gasteiger partial charge in [-0.2, -0.15) is 5.26 Å². The van der Waals surface area contributed by atoms with E-state index < -0.39 is 27.4 Å². The smallest absolute Gasteiger partial charge is 0.331 e. The van der Waals surface area contributed by atoms with Gasteiger partial charge in [-0.05, 0) is 37.1 Å². The third-order valence-electron chi connectivity index (χ3n) is 4.59. The first-order chi connectivity index (χ1) is 12.8. The summed E-state index contributed by atoms with van der Waals surface area (Å²) in [7, 11) is -2.44. The van der Waals surface area contributed by atoms with Crippen LogP contribution in [0.25, 0.3) is 0 Å². The zero-order valence-corrected chi connectivity index (χ0v) is 16.0. The highest BCUT2D eigenvalue weighted by atomic mass is 32.2. The first-order valence-electron chi connectivity index (χ1n) is 8.72. The van der Waals surface area contributed by atoms with E-state index in [0.29, 0.717) is 12.8 Å². The summed E-state index contributed by atoms with van der Waals surface area (Å²) in [4.78, 5) is 24.8. The number of hydrogen-bond acceptors (Lipinski definition) is 6. The van der Waals surface area contributed by atoms with Gasteiger partial charge in [0.2, 0.25) is 10.0 Å². The second-order valence-electron chi connectivity index (χ2n) is 6.42.